The lowest BCUT2D eigenvalue weighted by atomic mass is 10.1. The van der Waals surface area contributed by atoms with Crippen LogP contribution in [-0.2, 0) is 0 Å². The van der Waals surface area contributed by atoms with Crippen molar-refractivity contribution in [2.75, 3.05) is 11.9 Å². The minimum absolute atomic E-state index is 0.263. The van der Waals surface area contributed by atoms with Crippen LogP contribution in [0.15, 0.2) is 24.4 Å². The van der Waals surface area contributed by atoms with Gasteiger partial charge in [0.1, 0.15) is 6.61 Å². The van der Waals surface area contributed by atoms with Gasteiger partial charge < -0.3 is 10.4 Å². The zero-order valence-corrected chi connectivity index (χ0v) is 11.5. The Morgan fingerprint density at radius 1 is 1.55 bits per heavy atom. The van der Waals surface area contributed by atoms with Crippen LogP contribution in [0.4, 0.5) is 5.69 Å². The third-order valence-corrected chi connectivity index (χ3v) is 2.84. The molecule has 0 spiro atoms. The van der Waals surface area contributed by atoms with E-state index >= 15 is 0 Å². The van der Waals surface area contributed by atoms with Gasteiger partial charge in [0.2, 0.25) is 0 Å². The first kappa shape index (κ1) is 14.1. The van der Waals surface area contributed by atoms with Gasteiger partial charge >= 0.3 is 0 Å². The molecule has 0 unspecified atom stereocenters. The number of aliphatic hydroxyl groups is 1. The summed E-state index contributed by atoms with van der Waals surface area (Å²) >= 11 is 5.90. The van der Waals surface area contributed by atoms with Gasteiger partial charge in [-0.05, 0) is 25.1 Å². The van der Waals surface area contributed by atoms with Crippen molar-refractivity contribution in [1.29, 1.82) is 0 Å². The maximum Gasteiger partial charge on any atom is 0.259 e. The smallest absolute Gasteiger partial charge is 0.259 e. The molecule has 0 atom stereocenters. The Balaban J connectivity index is 2.29. The molecule has 0 saturated heterocycles. The highest BCUT2D eigenvalue weighted by Crippen LogP contribution is 2.20. The fourth-order valence-electron chi connectivity index (χ4n) is 1.63. The maximum atomic E-state index is 12.1. The molecule has 2 rings (SSSR count). The Morgan fingerprint density at radius 2 is 2.35 bits per heavy atom. The van der Waals surface area contributed by atoms with Gasteiger partial charge in [0, 0.05) is 16.3 Å². The predicted octanol–water partition coefficient (Wildman–Crippen LogP) is 1.97. The van der Waals surface area contributed by atoms with Crippen molar-refractivity contribution in [2.24, 2.45) is 0 Å². The highest BCUT2D eigenvalue weighted by atomic mass is 35.5. The number of hydrogen-bond donors (Lipinski definition) is 3. The standard InChI is InChI=1S/C14H12ClN3O2/c1-9-12(8-16-18-9)14(20)17-13-5-4-11(15)7-10(13)3-2-6-19/h4-5,7-8,19H,6H2,1H3,(H,16,18)(H,17,20). The molecule has 102 valence electrons. The summed E-state index contributed by atoms with van der Waals surface area (Å²) in [4.78, 5) is 12.1. The maximum absolute atomic E-state index is 12.1. The van der Waals surface area contributed by atoms with Gasteiger partial charge in [0.25, 0.3) is 5.91 Å². The molecule has 6 heteroatoms. The molecule has 3 N–H and O–H groups in total. The first-order valence-corrected chi connectivity index (χ1v) is 6.20. The summed E-state index contributed by atoms with van der Waals surface area (Å²) in [6.07, 6.45) is 1.46. The van der Waals surface area contributed by atoms with E-state index in [-0.39, 0.29) is 12.5 Å². The zero-order valence-electron chi connectivity index (χ0n) is 10.7. The Hall–Kier alpha value is -2.29. The Labute approximate surface area is 121 Å². The number of nitrogens with zero attached hydrogens (tertiary/aromatic N) is 1. The second-order valence-corrected chi connectivity index (χ2v) is 4.45. The number of rotatable bonds is 2. The lowest BCUT2D eigenvalue weighted by molar-refractivity contribution is 0.102. The van der Waals surface area contributed by atoms with Crippen LogP contribution in [-0.4, -0.2) is 27.8 Å². The van der Waals surface area contributed by atoms with Crippen LogP contribution in [0, 0.1) is 18.8 Å². The van der Waals surface area contributed by atoms with E-state index in [2.05, 4.69) is 27.4 Å². The van der Waals surface area contributed by atoms with Gasteiger partial charge in [0.15, 0.2) is 0 Å². The predicted molar refractivity (Wildman–Crippen MR) is 76.7 cm³/mol. The second kappa shape index (κ2) is 6.24. The fraction of sp³-hybridized carbons (Fsp3) is 0.143. The quantitative estimate of drug-likeness (QED) is 0.740. The number of hydrogen-bond acceptors (Lipinski definition) is 3. The third kappa shape index (κ3) is 3.18. The number of nitrogens with one attached hydrogen (secondary N) is 2. The van der Waals surface area contributed by atoms with Gasteiger partial charge in [-0.1, -0.05) is 23.4 Å². The topological polar surface area (TPSA) is 78.0 Å². The Morgan fingerprint density at radius 3 is 3.00 bits per heavy atom. The molecule has 0 radical (unpaired) electrons. The molecule has 0 bridgehead atoms. The lowest BCUT2D eigenvalue weighted by Gasteiger charge is -2.07. The molecule has 0 fully saturated rings. The van der Waals surface area contributed by atoms with Crippen LogP contribution < -0.4 is 5.32 Å². The molecule has 0 aliphatic heterocycles. The summed E-state index contributed by atoms with van der Waals surface area (Å²) in [5.74, 6) is 4.99. The average Bonchev–Trinajstić information content (AvgIpc) is 2.85. The number of carbonyl (C=O) groups is 1. The van der Waals surface area contributed by atoms with E-state index in [1.54, 1.807) is 25.1 Å². The van der Waals surface area contributed by atoms with Gasteiger partial charge in [-0.2, -0.15) is 5.10 Å². The van der Waals surface area contributed by atoms with Crippen LogP contribution in [0.2, 0.25) is 5.02 Å². The van der Waals surface area contributed by atoms with Crippen molar-refractivity contribution in [1.82, 2.24) is 10.2 Å². The summed E-state index contributed by atoms with van der Waals surface area (Å²) in [5.41, 5.74) is 2.21. The number of amides is 1. The number of aromatic amines is 1. The van der Waals surface area contributed by atoms with Gasteiger partial charge in [0.05, 0.1) is 17.4 Å². The molecule has 20 heavy (non-hydrogen) atoms. The molecular formula is C14H12ClN3O2. The minimum atomic E-state index is -0.286. The molecule has 1 heterocycles. The zero-order chi connectivity index (χ0) is 14.5. The lowest BCUT2D eigenvalue weighted by Crippen LogP contribution is -2.13. The van der Waals surface area contributed by atoms with Crippen LogP contribution in [0.3, 0.4) is 0 Å². The molecule has 1 aromatic carbocycles. The van der Waals surface area contributed by atoms with Crippen LogP contribution in [0.5, 0.6) is 0 Å². The molecule has 1 amide bonds. The summed E-state index contributed by atoms with van der Waals surface area (Å²) < 4.78 is 0. The number of benzene rings is 1. The number of H-pyrrole nitrogens is 1. The summed E-state index contributed by atoms with van der Waals surface area (Å²) in [7, 11) is 0. The highest BCUT2D eigenvalue weighted by Gasteiger charge is 2.12. The van der Waals surface area contributed by atoms with E-state index in [0.717, 1.165) is 0 Å². The van der Waals surface area contributed by atoms with E-state index in [0.29, 0.717) is 27.5 Å². The monoisotopic (exact) mass is 289 g/mol. The summed E-state index contributed by atoms with van der Waals surface area (Å²) in [5, 5.41) is 18.5. The van der Waals surface area contributed by atoms with E-state index in [1.807, 2.05) is 0 Å². The number of aromatic nitrogens is 2. The van der Waals surface area contributed by atoms with E-state index in [4.69, 9.17) is 16.7 Å². The number of carbonyl (C=O) groups excluding carboxylic acids is 1. The van der Waals surface area contributed by atoms with Crippen molar-refractivity contribution >= 4 is 23.2 Å². The average molecular weight is 290 g/mol. The van der Waals surface area contributed by atoms with Gasteiger partial charge in [-0.15, -0.1) is 0 Å². The SMILES string of the molecule is Cc1[nH]ncc1C(=O)Nc1ccc(Cl)cc1C#CCO. The van der Waals surface area contributed by atoms with Crippen molar-refractivity contribution in [2.45, 2.75) is 6.92 Å². The normalized spacial score (nSPS) is 9.75. The molecule has 0 aliphatic rings. The largest absolute Gasteiger partial charge is 0.384 e. The first-order valence-electron chi connectivity index (χ1n) is 5.82. The molecule has 5 nitrogen and oxygen atoms in total. The van der Waals surface area contributed by atoms with Crippen LogP contribution in [0.1, 0.15) is 21.6 Å². The number of anilines is 1. The third-order valence-electron chi connectivity index (χ3n) is 2.61. The second-order valence-electron chi connectivity index (χ2n) is 4.01. The molecule has 1 aromatic heterocycles. The molecule has 0 saturated carbocycles. The van der Waals surface area contributed by atoms with Crippen molar-refractivity contribution in [3.05, 3.63) is 46.2 Å². The van der Waals surface area contributed by atoms with Crippen molar-refractivity contribution in [3.63, 3.8) is 0 Å². The van der Waals surface area contributed by atoms with Crippen LogP contribution in [0.25, 0.3) is 0 Å². The first-order chi connectivity index (χ1) is 9.61. The highest BCUT2D eigenvalue weighted by molar-refractivity contribution is 6.30. The summed E-state index contributed by atoms with van der Waals surface area (Å²) in [6.45, 7) is 1.50. The number of halogens is 1. The van der Waals surface area contributed by atoms with Crippen molar-refractivity contribution in [3.8, 4) is 11.8 Å². The Kier molecular flexibility index (Phi) is 4.41. The Bertz CT molecular complexity index is 698. The van der Waals surface area contributed by atoms with E-state index < -0.39 is 0 Å². The molecular weight excluding hydrogens is 278 g/mol. The van der Waals surface area contributed by atoms with E-state index in [9.17, 15) is 4.79 Å². The molecule has 0 aliphatic carbocycles. The van der Waals surface area contributed by atoms with Gasteiger partial charge in [-0.25, -0.2) is 0 Å². The van der Waals surface area contributed by atoms with Crippen molar-refractivity contribution < 1.29 is 9.90 Å². The van der Waals surface area contributed by atoms with E-state index in [1.165, 1.54) is 6.20 Å². The molecule has 2 aromatic rings. The minimum Gasteiger partial charge on any atom is -0.384 e. The number of aryl methyl sites for hydroxylation is 1. The van der Waals surface area contributed by atoms with Gasteiger partial charge in [-0.3, -0.25) is 9.89 Å². The van der Waals surface area contributed by atoms with Crippen LogP contribution >= 0.6 is 11.6 Å². The number of aliphatic hydroxyl groups excluding tert-OH is 1. The summed E-state index contributed by atoms with van der Waals surface area (Å²) in [6, 6.07) is 4.95. The fourth-order valence-corrected chi connectivity index (χ4v) is 1.81.